The number of fused-ring (bicyclic) bond motifs is 1. The molecule has 9 nitrogen and oxygen atoms in total. The molecule has 1 fully saturated rings. The lowest BCUT2D eigenvalue weighted by Crippen LogP contribution is -2.44. The standard InChI is InChI=1S/C23H26F3N7O2/c1-34-18-4-3-14(9-19(18)35-2)16-10-20(23(24,25)26)33-21(30-16)11-17(31-33)15-12-28-22(29-13-15)32-7-5-27-6-8-32/h3-4,9,11-13,16,20,27,30H,5-8,10H2,1-2H3/t16-,20+/m0/s1. The van der Waals surface area contributed by atoms with Gasteiger partial charge in [-0.3, -0.25) is 0 Å². The Morgan fingerprint density at radius 3 is 2.37 bits per heavy atom. The number of nitrogens with zero attached hydrogens (tertiary/aromatic N) is 5. The van der Waals surface area contributed by atoms with Gasteiger partial charge in [-0.2, -0.15) is 18.3 Å². The molecule has 0 spiro atoms. The topological polar surface area (TPSA) is 89.4 Å². The summed E-state index contributed by atoms with van der Waals surface area (Å²) in [7, 11) is 3.00. The first-order valence-electron chi connectivity index (χ1n) is 11.3. The number of hydrogen-bond acceptors (Lipinski definition) is 8. The Balaban J connectivity index is 1.45. The number of rotatable bonds is 5. The predicted molar refractivity (Wildman–Crippen MR) is 124 cm³/mol. The van der Waals surface area contributed by atoms with Crippen LogP contribution in [-0.2, 0) is 0 Å². The van der Waals surface area contributed by atoms with Crippen molar-refractivity contribution in [2.75, 3.05) is 50.6 Å². The third-order valence-electron chi connectivity index (χ3n) is 6.33. The Hall–Kier alpha value is -3.54. The molecule has 0 amide bonds. The smallest absolute Gasteiger partial charge is 0.410 e. The van der Waals surface area contributed by atoms with Crippen molar-refractivity contribution in [3.63, 3.8) is 0 Å². The summed E-state index contributed by atoms with van der Waals surface area (Å²) in [5, 5.41) is 10.8. The molecule has 3 aromatic rings. The molecule has 2 aromatic heterocycles. The van der Waals surface area contributed by atoms with Crippen LogP contribution in [0.1, 0.15) is 24.1 Å². The number of ether oxygens (including phenoxy) is 2. The van der Waals surface area contributed by atoms with E-state index in [4.69, 9.17) is 9.47 Å². The van der Waals surface area contributed by atoms with Crippen LogP contribution in [0.2, 0.25) is 0 Å². The molecule has 0 aliphatic carbocycles. The minimum absolute atomic E-state index is 0.217. The summed E-state index contributed by atoms with van der Waals surface area (Å²) in [5.74, 6) is 1.84. The average molecular weight is 490 g/mol. The molecule has 0 radical (unpaired) electrons. The normalized spacial score (nSPS) is 20.2. The molecule has 12 heteroatoms. The third kappa shape index (κ3) is 4.57. The molecule has 2 aliphatic rings. The number of halogens is 3. The maximum atomic E-state index is 14.1. The van der Waals surface area contributed by atoms with Crippen molar-refractivity contribution in [1.82, 2.24) is 25.1 Å². The predicted octanol–water partition coefficient (Wildman–Crippen LogP) is 3.43. The lowest BCUT2D eigenvalue weighted by Gasteiger charge is -2.33. The fraction of sp³-hybridized carbons (Fsp3) is 0.435. The van der Waals surface area contributed by atoms with Crippen LogP contribution in [0, 0.1) is 0 Å². The van der Waals surface area contributed by atoms with E-state index in [1.54, 1.807) is 36.7 Å². The number of benzene rings is 1. The van der Waals surface area contributed by atoms with E-state index in [1.165, 1.54) is 14.2 Å². The molecule has 2 N–H and O–H groups in total. The third-order valence-corrected chi connectivity index (χ3v) is 6.33. The van der Waals surface area contributed by atoms with Gasteiger partial charge >= 0.3 is 6.18 Å². The highest BCUT2D eigenvalue weighted by atomic mass is 19.4. The van der Waals surface area contributed by atoms with Crippen molar-refractivity contribution in [1.29, 1.82) is 0 Å². The number of piperazine rings is 1. The molecule has 2 atom stereocenters. The zero-order valence-corrected chi connectivity index (χ0v) is 19.3. The summed E-state index contributed by atoms with van der Waals surface area (Å²) in [5.41, 5.74) is 1.59. The number of alkyl halides is 3. The molecule has 0 saturated carbocycles. The number of hydrogen-bond donors (Lipinski definition) is 2. The minimum atomic E-state index is -4.47. The maximum absolute atomic E-state index is 14.1. The van der Waals surface area contributed by atoms with Gasteiger partial charge < -0.3 is 25.0 Å². The quantitative estimate of drug-likeness (QED) is 0.564. The second-order valence-electron chi connectivity index (χ2n) is 8.47. The van der Waals surface area contributed by atoms with E-state index in [-0.39, 0.29) is 12.2 Å². The summed E-state index contributed by atoms with van der Waals surface area (Å²) in [6, 6.07) is 4.35. The summed E-state index contributed by atoms with van der Waals surface area (Å²) in [6.45, 7) is 3.30. The van der Waals surface area contributed by atoms with Crippen molar-refractivity contribution in [3.05, 3.63) is 42.2 Å². The first-order chi connectivity index (χ1) is 16.9. The summed E-state index contributed by atoms with van der Waals surface area (Å²) in [4.78, 5) is 10.9. The molecule has 4 heterocycles. The maximum Gasteiger partial charge on any atom is 0.410 e. The fourth-order valence-electron chi connectivity index (χ4n) is 4.48. The van der Waals surface area contributed by atoms with Crippen LogP contribution in [0.5, 0.6) is 11.5 Å². The summed E-state index contributed by atoms with van der Waals surface area (Å²) >= 11 is 0. The largest absolute Gasteiger partial charge is 0.493 e. The molecular weight excluding hydrogens is 463 g/mol. The Morgan fingerprint density at radius 1 is 1.00 bits per heavy atom. The van der Waals surface area contributed by atoms with Gasteiger partial charge in [-0.15, -0.1) is 0 Å². The number of aromatic nitrogens is 4. The Bertz CT molecular complexity index is 1180. The first-order valence-corrected chi connectivity index (χ1v) is 11.3. The highest BCUT2D eigenvalue weighted by Gasteiger charge is 2.46. The van der Waals surface area contributed by atoms with Crippen LogP contribution in [0.25, 0.3) is 11.3 Å². The number of methoxy groups -OCH3 is 2. The van der Waals surface area contributed by atoms with Crippen molar-refractivity contribution in [2.45, 2.75) is 24.7 Å². The molecular formula is C23H26F3N7O2. The summed E-state index contributed by atoms with van der Waals surface area (Å²) < 4.78 is 53.8. The second kappa shape index (κ2) is 9.25. The zero-order chi connectivity index (χ0) is 24.6. The van der Waals surface area contributed by atoms with Crippen LogP contribution in [0.15, 0.2) is 36.7 Å². The van der Waals surface area contributed by atoms with Crippen molar-refractivity contribution in [3.8, 4) is 22.8 Å². The van der Waals surface area contributed by atoms with Crippen LogP contribution in [0.4, 0.5) is 24.9 Å². The molecule has 5 rings (SSSR count). The van der Waals surface area contributed by atoms with Crippen molar-refractivity contribution in [2.24, 2.45) is 0 Å². The summed E-state index contributed by atoms with van der Waals surface area (Å²) in [6.07, 6.45) is -1.48. The molecule has 1 aromatic carbocycles. The SMILES string of the molecule is COc1ccc([C@@H]2C[C@H](C(F)(F)F)n3nc(-c4cnc(N5CCNCC5)nc4)cc3N2)cc1OC. The van der Waals surface area contributed by atoms with Gasteiger partial charge in [0.25, 0.3) is 0 Å². The van der Waals surface area contributed by atoms with Crippen LogP contribution < -0.4 is 25.0 Å². The van der Waals surface area contributed by atoms with E-state index in [2.05, 4.69) is 30.6 Å². The molecule has 0 bridgehead atoms. The van der Waals surface area contributed by atoms with Gasteiger partial charge in [0.1, 0.15) is 5.82 Å². The van der Waals surface area contributed by atoms with Crippen molar-refractivity contribution < 1.29 is 22.6 Å². The molecule has 35 heavy (non-hydrogen) atoms. The van der Waals surface area contributed by atoms with E-state index < -0.39 is 18.3 Å². The van der Waals surface area contributed by atoms with Gasteiger partial charge in [0.05, 0.1) is 26.0 Å². The first kappa shape index (κ1) is 23.2. The van der Waals surface area contributed by atoms with Gasteiger partial charge in [-0.25, -0.2) is 14.6 Å². The van der Waals surface area contributed by atoms with E-state index in [1.807, 2.05) is 0 Å². The van der Waals surface area contributed by atoms with E-state index in [0.29, 0.717) is 34.3 Å². The average Bonchev–Trinajstić information content (AvgIpc) is 3.32. The Morgan fingerprint density at radius 2 is 1.71 bits per heavy atom. The van der Waals surface area contributed by atoms with Crippen LogP contribution in [0.3, 0.4) is 0 Å². The van der Waals surface area contributed by atoms with Gasteiger partial charge in [-0.05, 0) is 17.7 Å². The van der Waals surface area contributed by atoms with Crippen molar-refractivity contribution >= 4 is 11.8 Å². The fourth-order valence-corrected chi connectivity index (χ4v) is 4.48. The van der Waals surface area contributed by atoms with Gasteiger partial charge in [-0.1, -0.05) is 6.07 Å². The van der Waals surface area contributed by atoms with E-state index in [0.717, 1.165) is 30.9 Å². The Labute approximate surface area is 200 Å². The lowest BCUT2D eigenvalue weighted by molar-refractivity contribution is -0.173. The van der Waals surface area contributed by atoms with E-state index in [9.17, 15) is 13.2 Å². The Kier molecular flexibility index (Phi) is 6.13. The highest BCUT2D eigenvalue weighted by Crippen LogP contribution is 2.45. The monoisotopic (exact) mass is 489 g/mol. The highest BCUT2D eigenvalue weighted by molar-refractivity contribution is 5.63. The minimum Gasteiger partial charge on any atom is -0.493 e. The number of nitrogens with one attached hydrogen (secondary N) is 2. The molecule has 186 valence electrons. The molecule has 0 unspecified atom stereocenters. The van der Waals surface area contributed by atoms with Gasteiger partial charge in [0, 0.05) is 56.6 Å². The van der Waals surface area contributed by atoms with Gasteiger partial charge in [0.2, 0.25) is 5.95 Å². The van der Waals surface area contributed by atoms with Crippen LogP contribution in [-0.4, -0.2) is 66.3 Å². The van der Waals surface area contributed by atoms with Gasteiger partial charge in [0.15, 0.2) is 17.5 Å². The molecule has 2 aliphatic heterocycles. The van der Waals surface area contributed by atoms with E-state index >= 15 is 0 Å². The molecule has 1 saturated heterocycles. The second-order valence-corrected chi connectivity index (χ2v) is 8.47. The lowest BCUT2D eigenvalue weighted by atomic mass is 9.96. The van der Waals surface area contributed by atoms with Crippen LogP contribution >= 0.6 is 0 Å². The number of anilines is 2. The zero-order valence-electron chi connectivity index (χ0n) is 19.3.